The minimum absolute atomic E-state index is 0.391. The third kappa shape index (κ3) is 2.84. The predicted molar refractivity (Wildman–Crippen MR) is 86.5 cm³/mol. The van der Waals surface area contributed by atoms with Crippen molar-refractivity contribution < 1.29 is 4.79 Å². The highest BCUT2D eigenvalue weighted by atomic mass is 16.1. The molecule has 0 radical (unpaired) electrons. The zero-order chi connectivity index (χ0) is 15.4. The van der Waals surface area contributed by atoms with Crippen LogP contribution in [0.1, 0.15) is 42.7 Å². The number of carbonyl (C=O) groups excluding carboxylic acids is 1. The molecule has 21 heavy (non-hydrogen) atoms. The van der Waals surface area contributed by atoms with Crippen LogP contribution in [0.15, 0.2) is 30.3 Å². The van der Waals surface area contributed by atoms with E-state index in [1.807, 2.05) is 49.0 Å². The number of aryl methyl sites for hydroxylation is 1. The van der Waals surface area contributed by atoms with Crippen molar-refractivity contribution in [2.24, 2.45) is 0 Å². The van der Waals surface area contributed by atoms with Crippen molar-refractivity contribution in [2.45, 2.75) is 39.7 Å². The number of para-hydroxylation sites is 1. The van der Waals surface area contributed by atoms with Crippen molar-refractivity contribution in [3.63, 3.8) is 0 Å². The second-order valence-electron chi connectivity index (χ2n) is 5.27. The van der Waals surface area contributed by atoms with Gasteiger partial charge in [-0.25, -0.2) is 4.68 Å². The molecule has 0 amide bonds. The highest BCUT2D eigenvalue weighted by Crippen LogP contribution is 2.27. The Labute approximate surface area is 126 Å². The Morgan fingerprint density at radius 3 is 2.38 bits per heavy atom. The number of hydrogen-bond donors (Lipinski definition) is 0. The molecule has 0 fully saturated rings. The normalized spacial score (nSPS) is 10.9. The highest BCUT2D eigenvalue weighted by molar-refractivity contribution is 5.85. The van der Waals surface area contributed by atoms with Crippen LogP contribution in [-0.4, -0.2) is 29.2 Å². The van der Waals surface area contributed by atoms with E-state index in [1.165, 1.54) is 0 Å². The van der Waals surface area contributed by atoms with E-state index >= 15 is 0 Å². The van der Waals surface area contributed by atoms with Crippen LogP contribution in [0.5, 0.6) is 0 Å². The molecule has 2 aromatic rings. The first-order valence-corrected chi connectivity index (χ1v) is 7.47. The molecule has 112 valence electrons. The van der Waals surface area contributed by atoms with E-state index < -0.39 is 0 Å². The number of aromatic nitrogens is 2. The molecule has 2 rings (SSSR count). The molecular weight excluding hydrogens is 262 g/mol. The molecule has 4 heteroatoms. The molecule has 0 saturated carbocycles. The van der Waals surface area contributed by atoms with E-state index in [1.54, 1.807) is 0 Å². The molecule has 0 aliphatic carbocycles. The molecule has 4 nitrogen and oxygen atoms in total. The lowest BCUT2D eigenvalue weighted by Crippen LogP contribution is -2.32. The van der Waals surface area contributed by atoms with Gasteiger partial charge in [-0.15, -0.1) is 0 Å². The summed E-state index contributed by atoms with van der Waals surface area (Å²) >= 11 is 0. The molecule has 1 aromatic carbocycles. The van der Waals surface area contributed by atoms with E-state index in [0.717, 1.165) is 36.3 Å². The van der Waals surface area contributed by atoms with E-state index in [4.69, 9.17) is 0 Å². The minimum Gasteiger partial charge on any atom is -0.356 e. The molecule has 0 unspecified atom stereocenters. The third-order valence-corrected chi connectivity index (χ3v) is 4.02. The maximum atomic E-state index is 11.5. The Morgan fingerprint density at radius 2 is 1.86 bits per heavy atom. The monoisotopic (exact) mass is 285 g/mol. The van der Waals surface area contributed by atoms with Crippen molar-refractivity contribution in [3.8, 4) is 5.69 Å². The lowest BCUT2D eigenvalue weighted by Gasteiger charge is -2.29. The van der Waals surface area contributed by atoms with Crippen molar-refractivity contribution in [3.05, 3.63) is 41.6 Å². The fraction of sp³-hybridized carbons (Fsp3) is 0.412. The zero-order valence-corrected chi connectivity index (χ0v) is 13.2. The van der Waals surface area contributed by atoms with E-state index in [0.29, 0.717) is 11.6 Å². The van der Waals surface area contributed by atoms with Gasteiger partial charge in [-0.05, 0) is 31.9 Å². The molecule has 0 N–H and O–H groups in total. The second kappa shape index (κ2) is 6.57. The summed E-state index contributed by atoms with van der Waals surface area (Å²) in [7, 11) is 2.04. The van der Waals surface area contributed by atoms with Gasteiger partial charge in [0.2, 0.25) is 0 Å². The highest BCUT2D eigenvalue weighted by Gasteiger charge is 2.22. The van der Waals surface area contributed by atoms with Crippen LogP contribution in [0.25, 0.3) is 5.69 Å². The molecular formula is C17H23N3O. The smallest absolute Gasteiger partial charge is 0.155 e. The Bertz CT molecular complexity index is 600. The maximum absolute atomic E-state index is 11.5. The Hall–Kier alpha value is -2.10. The van der Waals surface area contributed by atoms with Crippen LogP contribution < -0.4 is 4.90 Å². The van der Waals surface area contributed by atoms with Crippen molar-refractivity contribution in [1.82, 2.24) is 9.78 Å². The van der Waals surface area contributed by atoms with Gasteiger partial charge >= 0.3 is 0 Å². The fourth-order valence-electron chi connectivity index (χ4n) is 2.76. The average Bonchev–Trinajstić information content (AvgIpc) is 2.85. The zero-order valence-electron chi connectivity index (χ0n) is 13.2. The third-order valence-electron chi connectivity index (χ3n) is 4.02. The van der Waals surface area contributed by atoms with Crippen LogP contribution in [0, 0.1) is 6.92 Å². The second-order valence-corrected chi connectivity index (χ2v) is 5.27. The van der Waals surface area contributed by atoms with Crippen molar-refractivity contribution >= 4 is 12.1 Å². The van der Waals surface area contributed by atoms with Crippen LogP contribution in [-0.2, 0) is 0 Å². The van der Waals surface area contributed by atoms with Gasteiger partial charge in [0.15, 0.2) is 6.29 Å². The minimum atomic E-state index is 0.391. The van der Waals surface area contributed by atoms with Crippen LogP contribution >= 0.6 is 0 Å². The number of benzene rings is 1. The molecule has 0 spiro atoms. The van der Waals surface area contributed by atoms with Crippen molar-refractivity contribution in [1.29, 1.82) is 0 Å². The summed E-state index contributed by atoms with van der Waals surface area (Å²) in [6.45, 7) is 6.22. The molecule has 0 atom stereocenters. The first-order chi connectivity index (χ1) is 10.1. The summed E-state index contributed by atoms with van der Waals surface area (Å²) < 4.78 is 1.87. The van der Waals surface area contributed by atoms with E-state index in [-0.39, 0.29) is 0 Å². The first kappa shape index (κ1) is 15.3. The van der Waals surface area contributed by atoms with Gasteiger partial charge in [0.05, 0.1) is 16.9 Å². The lowest BCUT2D eigenvalue weighted by molar-refractivity contribution is 0.112. The maximum Gasteiger partial charge on any atom is 0.155 e. The molecule has 0 aliphatic rings. The number of hydrogen-bond acceptors (Lipinski definition) is 3. The van der Waals surface area contributed by atoms with Gasteiger partial charge in [0, 0.05) is 13.1 Å². The number of carbonyl (C=O) groups is 1. The summed E-state index contributed by atoms with van der Waals surface area (Å²) in [5.74, 6) is 0.877. The molecule has 1 aromatic heterocycles. The predicted octanol–water partition coefficient (Wildman–Crippen LogP) is 3.62. The largest absolute Gasteiger partial charge is 0.356 e. The van der Waals surface area contributed by atoms with Crippen LogP contribution in [0.4, 0.5) is 5.82 Å². The Kier molecular flexibility index (Phi) is 4.78. The summed E-state index contributed by atoms with van der Waals surface area (Å²) in [5.41, 5.74) is 2.41. The summed E-state index contributed by atoms with van der Waals surface area (Å²) in [6.07, 6.45) is 2.98. The summed E-state index contributed by atoms with van der Waals surface area (Å²) in [4.78, 5) is 13.7. The van der Waals surface area contributed by atoms with E-state index in [9.17, 15) is 4.79 Å². The van der Waals surface area contributed by atoms with E-state index in [2.05, 4.69) is 23.8 Å². The average molecular weight is 285 g/mol. The van der Waals surface area contributed by atoms with Crippen molar-refractivity contribution in [2.75, 3.05) is 11.9 Å². The number of anilines is 1. The van der Waals surface area contributed by atoms with Gasteiger partial charge in [-0.2, -0.15) is 5.10 Å². The lowest BCUT2D eigenvalue weighted by atomic mass is 10.1. The fourth-order valence-corrected chi connectivity index (χ4v) is 2.76. The topological polar surface area (TPSA) is 38.1 Å². The van der Waals surface area contributed by atoms with Crippen LogP contribution in [0.2, 0.25) is 0 Å². The number of rotatable bonds is 6. The Balaban J connectivity index is 2.59. The van der Waals surface area contributed by atoms with Gasteiger partial charge in [-0.3, -0.25) is 4.79 Å². The SMILES string of the molecule is CCC(CC)N(C)c1c(C=O)c(C)nn1-c1ccccc1. The van der Waals surface area contributed by atoms with Crippen LogP contribution in [0.3, 0.4) is 0 Å². The number of nitrogens with zero attached hydrogens (tertiary/aromatic N) is 3. The van der Waals surface area contributed by atoms with Gasteiger partial charge in [-0.1, -0.05) is 32.0 Å². The van der Waals surface area contributed by atoms with Gasteiger partial charge in [0.25, 0.3) is 0 Å². The molecule has 0 saturated heterocycles. The number of aldehydes is 1. The Morgan fingerprint density at radius 1 is 1.24 bits per heavy atom. The first-order valence-electron chi connectivity index (χ1n) is 7.47. The quantitative estimate of drug-likeness (QED) is 0.761. The molecule has 0 bridgehead atoms. The molecule has 0 aliphatic heterocycles. The van der Waals surface area contributed by atoms with Gasteiger partial charge < -0.3 is 4.90 Å². The summed E-state index contributed by atoms with van der Waals surface area (Å²) in [5, 5.41) is 4.57. The molecule has 1 heterocycles. The summed E-state index contributed by atoms with van der Waals surface area (Å²) in [6, 6.07) is 10.3. The van der Waals surface area contributed by atoms with Gasteiger partial charge in [0.1, 0.15) is 5.82 Å². The standard InChI is InChI=1S/C17H23N3O/c1-5-14(6-2)19(4)17-16(12-21)13(3)18-20(17)15-10-8-7-9-11-15/h7-12,14H,5-6H2,1-4H3.